The van der Waals surface area contributed by atoms with Gasteiger partial charge < -0.3 is 10.4 Å². The van der Waals surface area contributed by atoms with Crippen LogP contribution in [0.15, 0.2) is 0 Å². The summed E-state index contributed by atoms with van der Waals surface area (Å²) < 4.78 is 0. The highest BCUT2D eigenvalue weighted by Gasteiger charge is 2.26. The summed E-state index contributed by atoms with van der Waals surface area (Å²) in [5.74, 6) is 0. The Bertz CT molecular complexity index is 167. The molecule has 1 aliphatic carbocycles. The number of aliphatic hydroxyl groups is 1. The Morgan fingerprint density at radius 3 is 2.71 bits per heavy atom. The molecule has 0 bridgehead atoms. The first-order valence-electron chi connectivity index (χ1n) is 5.51. The topological polar surface area (TPSA) is 32.3 Å². The van der Waals surface area contributed by atoms with E-state index in [1.807, 2.05) is 25.6 Å². The molecule has 0 heterocycles. The van der Waals surface area contributed by atoms with Crippen molar-refractivity contribution < 1.29 is 5.11 Å². The van der Waals surface area contributed by atoms with Crippen LogP contribution < -0.4 is 5.32 Å². The standard InChI is InChI=1S/C11H23NOS/c1-11(2,13)7-8-12-9-5-4-6-10(9)14-3/h9-10,12-13H,4-8H2,1-3H3. The highest BCUT2D eigenvalue weighted by molar-refractivity contribution is 7.99. The molecule has 0 saturated heterocycles. The van der Waals surface area contributed by atoms with Gasteiger partial charge in [0.1, 0.15) is 0 Å². The average Bonchev–Trinajstić information content (AvgIpc) is 2.49. The second-order valence-corrected chi connectivity index (χ2v) is 5.91. The predicted molar refractivity (Wildman–Crippen MR) is 63.9 cm³/mol. The minimum absolute atomic E-state index is 0.527. The van der Waals surface area contributed by atoms with E-state index < -0.39 is 5.60 Å². The zero-order chi connectivity index (χ0) is 10.6. The highest BCUT2D eigenvalue weighted by atomic mass is 32.2. The lowest BCUT2D eigenvalue weighted by Gasteiger charge is -2.22. The van der Waals surface area contributed by atoms with Crippen LogP contribution in [0.1, 0.15) is 39.5 Å². The normalized spacial score (nSPS) is 28.3. The molecule has 84 valence electrons. The second-order valence-electron chi connectivity index (χ2n) is 4.83. The van der Waals surface area contributed by atoms with Crippen molar-refractivity contribution in [3.63, 3.8) is 0 Å². The van der Waals surface area contributed by atoms with E-state index in [1.54, 1.807) is 0 Å². The molecule has 2 N–H and O–H groups in total. The molecular formula is C11H23NOS. The van der Waals surface area contributed by atoms with Gasteiger partial charge in [-0.2, -0.15) is 11.8 Å². The molecule has 2 nitrogen and oxygen atoms in total. The van der Waals surface area contributed by atoms with E-state index in [-0.39, 0.29) is 0 Å². The number of hydrogen-bond acceptors (Lipinski definition) is 3. The van der Waals surface area contributed by atoms with Crippen molar-refractivity contribution >= 4 is 11.8 Å². The van der Waals surface area contributed by atoms with Crippen LogP contribution in [0, 0.1) is 0 Å². The minimum atomic E-state index is -0.527. The van der Waals surface area contributed by atoms with Crippen LogP contribution in [0.25, 0.3) is 0 Å². The quantitative estimate of drug-likeness (QED) is 0.739. The maximum Gasteiger partial charge on any atom is 0.0603 e. The van der Waals surface area contributed by atoms with Crippen molar-refractivity contribution in [2.75, 3.05) is 12.8 Å². The molecule has 14 heavy (non-hydrogen) atoms. The smallest absolute Gasteiger partial charge is 0.0603 e. The maximum atomic E-state index is 9.57. The molecule has 0 aromatic heterocycles. The first-order chi connectivity index (χ1) is 6.53. The van der Waals surface area contributed by atoms with E-state index in [9.17, 15) is 5.11 Å². The van der Waals surface area contributed by atoms with E-state index in [4.69, 9.17) is 0 Å². The van der Waals surface area contributed by atoms with Crippen molar-refractivity contribution in [1.82, 2.24) is 5.32 Å². The van der Waals surface area contributed by atoms with Crippen molar-refractivity contribution in [3.05, 3.63) is 0 Å². The van der Waals surface area contributed by atoms with Crippen LogP contribution in [-0.4, -0.2) is 34.8 Å². The zero-order valence-corrected chi connectivity index (χ0v) is 10.4. The maximum absolute atomic E-state index is 9.57. The van der Waals surface area contributed by atoms with Crippen LogP contribution in [-0.2, 0) is 0 Å². The Morgan fingerprint density at radius 2 is 2.14 bits per heavy atom. The van der Waals surface area contributed by atoms with Gasteiger partial charge in [0.2, 0.25) is 0 Å². The van der Waals surface area contributed by atoms with Crippen LogP contribution in [0.3, 0.4) is 0 Å². The Kier molecular flexibility index (Phi) is 4.74. The Labute approximate surface area is 91.9 Å². The third kappa shape index (κ3) is 4.20. The lowest BCUT2D eigenvalue weighted by Crippen LogP contribution is -2.37. The third-order valence-electron chi connectivity index (χ3n) is 2.90. The van der Waals surface area contributed by atoms with E-state index in [0.717, 1.165) is 18.2 Å². The summed E-state index contributed by atoms with van der Waals surface area (Å²) in [7, 11) is 0. The number of rotatable bonds is 5. The summed E-state index contributed by atoms with van der Waals surface area (Å²) in [5.41, 5.74) is -0.527. The van der Waals surface area contributed by atoms with Crippen molar-refractivity contribution in [2.45, 2.75) is 56.4 Å². The summed E-state index contributed by atoms with van der Waals surface area (Å²) >= 11 is 1.97. The van der Waals surface area contributed by atoms with Gasteiger partial charge in [-0.25, -0.2) is 0 Å². The molecule has 0 aromatic rings. The van der Waals surface area contributed by atoms with Gasteiger partial charge in [-0.15, -0.1) is 0 Å². The molecule has 1 fully saturated rings. The highest BCUT2D eigenvalue weighted by Crippen LogP contribution is 2.28. The van der Waals surface area contributed by atoms with Crippen LogP contribution in [0.4, 0.5) is 0 Å². The van der Waals surface area contributed by atoms with Gasteiger partial charge in [0, 0.05) is 11.3 Å². The first kappa shape index (κ1) is 12.3. The number of hydrogen-bond donors (Lipinski definition) is 2. The monoisotopic (exact) mass is 217 g/mol. The van der Waals surface area contributed by atoms with Crippen LogP contribution in [0.2, 0.25) is 0 Å². The van der Waals surface area contributed by atoms with Crippen LogP contribution >= 0.6 is 11.8 Å². The molecule has 0 amide bonds. The first-order valence-corrected chi connectivity index (χ1v) is 6.80. The van der Waals surface area contributed by atoms with Crippen molar-refractivity contribution in [1.29, 1.82) is 0 Å². The minimum Gasteiger partial charge on any atom is -0.390 e. The SMILES string of the molecule is CSC1CCCC1NCCC(C)(C)O. The summed E-state index contributed by atoms with van der Waals surface area (Å²) in [4.78, 5) is 0. The largest absolute Gasteiger partial charge is 0.390 e. The molecule has 2 atom stereocenters. The van der Waals surface area contributed by atoms with Gasteiger partial charge in [0.15, 0.2) is 0 Å². The van der Waals surface area contributed by atoms with Crippen LogP contribution in [0.5, 0.6) is 0 Å². The van der Waals surface area contributed by atoms with Gasteiger partial charge in [0.25, 0.3) is 0 Å². The molecule has 0 spiro atoms. The van der Waals surface area contributed by atoms with Crippen molar-refractivity contribution in [2.24, 2.45) is 0 Å². The average molecular weight is 217 g/mol. The van der Waals surface area contributed by atoms with Gasteiger partial charge in [-0.3, -0.25) is 0 Å². The third-order valence-corrected chi connectivity index (χ3v) is 4.07. The lowest BCUT2D eigenvalue weighted by molar-refractivity contribution is 0.0705. The van der Waals surface area contributed by atoms with E-state index in [0.29, 0.717) is 6.04 Å². The second kappa shape index (κ2) is 5.38. The molecule has 1 aliphatic rings. The molecule has 2 unspecified atom stereocenters. The van der Waals surface area contributed by atoms with E-state index in [1.165, 1.54) is 19.3 Å². The van der Waals surface area contributed by atoms with Gasteiger partial charge in [-0.05, 0) is 45.9 Å². The van der Waals surface area contributed by atoms with Gasteiger partial charge >= 0.3 is 0 Å². The fourth-order valence-corrected chi connectivity index (χ4v) is 2.97. The zero-order valence-electron chi connectivity index (χ0n) is 9.55. The fraction of sp³-hybridized carbons (Fsp3) is 1.00. The van der Waals surface area contributed by atoms with Gasteiger partial charge in [-0.1, -0.05) is 6.42 Å². The Morgan fingerprint density at radius 1 is 1.43 bits per heavy atom. The van der Waals surface area contributed by atoms with E-state index >= 15 is 0 Å². The number of thioether (sulfide) groups is 1. The summed E-state index contributed by atoms with van der Waals surface area (Å²) in [6.45, 7) is 4.68. The van der Waals surface area contributed by atoms with Gasteiger partial charge in [0.05, 0.1) is 5.60 Å². The Balaban J connectivity index is 2.18. The lowest BCUT2D eigenvalue weighted by atomic mass is 10.1. The molecule has 3 heteroatoms. The fourth-order valence-electron chi connectivity index (χ4n) is 2.01. The number of nitrogens with one attached hydrogen (secondary N) is 1. The molecule has 0 aromatic carbocycles. The molecule has 1 rings (SSSR count). The molecule has 1 saturated carbocycles. The van der Waals surface area contributed by atoms with E-state index in [2.05, 4.69) is 11.6 Å². The Hall–Kier alpha value is 0.270. The van der Waals surface area contributed by atoms with Crippen molar-refractivity contribution in [3.8, 4) is 0 Å². The summed E-state index contributed by atoms with van der Waals surface area (Å²) in [5, 5.41) is 13.9. The molecular weight excluding hydrogens is 194 g/mol. The summed E-state index contributed by atoms with van der Waals surface area (Å²) in [6.07, 6.45) is 7.04. The predicted octanol–water partition coefficient (Wildman–Crippen LogP) is 2.02. The molecule has 0 radical (unpaired) electrons. The summed E-state index contributed by atoms with van der Waals surface area (Å²) in [6, 6.07) is 0.673. The molecule has 0 aliphatic heterocycles.